The van der Waals surface area contributed by atoms with E-state index in [4.69, 9.17) is 9.62 Å². The lowest BCUT2D eigenvalue weighted by atomic mass is 10.2. The van der Waals surface area contributed by atoms with Gasteiger partial charge in [-0.15, -0.1) is 0 Å². The fraction of sp³-hybridized carbons (Fsp3) is 0.429. The fourth-order valence-corrected chi connectivity index (χ4v) is 0.822. The summed E-state index contributed by atoms with van der Waals surface area (Å²) in [6.45, 7) is 2.39. The van der Waals surface area contributed by atoms with E-state index in [2.05, 4.69) is 0 Å². The minimum Gasteiger partial charge on any atom is -0.469 e. The molecule has 0 unspecified atom stereocenters. The van der Waals surface area contributed by atoms with Crippen LogP contribution in [0.5, 0.6) is 0 Å². The van der Waals surface area contributed by atoms with Gasteiger partial charge in [0, 0.05) is 12.6 Å². The van der Waals surface area contributed by atoms with Gasteiger partial charge in [0.1, 0.15) is 5.76 Å². The largest absolute Gasteiger partial charge is 0.469 e. The molecule has 0 spiro atoms. The molecule has 3 heteroatoms. The molecule has 0 aromatic carbocycles. The summed E-state index contributed by atoms with van der Waals surface area (Å²) in [6, 6.07) is 1.85. The molecule has 0 atom stereocenters. The Morgan fingerprint density at radius 2 is 2.40 bits per heavy atom. The Morgan fingerprint density at radius 3 is 2.80 bits per heavy atom. The summed E-state index contributed by atoms with van der Waals surface area (Å²) in [6.07, 6.45) is 1.62. The standard InChI is InChI=1S/C7H11NO2/c1-6-7(3-4-10-6)5-8(2)9/h3-4,9H,5H2,1-2H3. The van der Waals surface area contributed by atoms with E-state index in [1.807, 2.05) is 13.0 Å². The topological polar surface area (TPSA) is 36.6 Å². The average molecular weight is 141 g/mol. The van der Waals surface area contributed by atoms with E-state index in [0.717, 1.165) is 16.4 Å². The molecular formula is C7H11NO2. The van der Waals surface area contributed by atoms with Gasteiger partial charge in [-0.3, -0.25) is 0 Å². The molecule has 0 radical (unpaired) electrons. The van der Waals surface area contributed by atoms with E-state index in [1.54, 1.807) is 13.3 Å². The second-order valence-corrected chi connectivity index (χ2v) is 2.32. The molecule has 1 heterocycles. The maximum Gasteiger partial charge on any atom is 0.105 e. The molecule has 1 N–H and O–H groups in total. The van der Waals surface area contributed by atoms with Gasteiger partial charge in [0.2, 0.25) is 0 Å². The summed E-state index contributed by atoms with van der Waals surface area (Å²) in [4.78, 5) is 0. The predicted molar refractivity (Wildman–Crippen MR) is 36.7 cm³/mol. The van der Waals surface area contributed by atoms with Crippen LogP contribution in [-0.2, 0) is 6.54 Å². The van der Waals surface area contributed by atoms with Crippen molar-refractivity contribution in [2.45, 2.75) is 13.5 Å². The lowest BCUT2D eigenvalue weighted by Crippen LogP contribution is -2.11. The molecule has 0 bridgehead atoms. The Balaban J connectivity index is 2.65. The number of hydrogen-bond donors (Lipinski definition) is 1. The first kappa shape index (κ1) is 7.31. The van der Waals surface area contributed by atoms with Gasteiger partial charge >= 0.3 is 0 Å². The van der Waals surface area contributed by atoms with Gasteiger partial charge in [-0.25, -0.2) is 0 Å². The van der Waals surface area contributed by atoms with Crippen molar-refractivity contribution in [3.8, 4) is 0 Å². The summed E-state index contributed by atoms with van der Waals surface area (Å²) >= 11 is 0. The SMILES string of the molecule is Cc1occc1CN(C)O. The Bertz CT molecular complexity index is 205. The van der Waals surface area contributed by atoms with Crippen LogP contribution in [0.15, 0.2) is 16.7 Å². The van der Waals surface area contributed by atoms with Crippen LogP contribution < -0.4 is 0 Å². The van der Waals surface area contributed by atoms with E-state index in [-0.39, 0.29) is 0 Å². The minimum absolute atomic E-state index is 0.516. The van der Waals surface area contributed by atoms with Crippen molar-refractivity contribution in [2.24, 2.45) is 0 Å². The third-order valence-electron chi connectivity index (χ3n) is 1.37. The molecule has 1 aromatic heterocycles. The average Bonchev–Trinajstić information content (AvgIpc) is 2.15. The number of aryl methyl sites for hydroxylation is 1. The highest BCUT2D eigenvalue weighted by molar-refractivity contribution is 5.14. The third-order valence-corrected chi connectivity index (χ3v) is 1.37. The maximum absolute atomic E-state index is 8.84. The van der Waals surface area contributed by atoms with Crippen molar-refractivity contribution < 1.29 is 9.62 Å². The van der Waals surface area contributed by atoms with Crippen LogP contribution in [0, 0.1) is 6.92 Å². The number of hydroxylamine groups is 2. The summed E-state index contributed by atoms with van der Waals surface area (Å²) in [7, 11) is 1.60. The number of hydrogen-bond acceptors (Lipinski definition) is 3. The highest BCUT2D eigenvalue weighted by Gasteiger charge is 2.01. The van der Waals surface area contributed by atoms with E-state index in [9.17, 15) is 0 Å². The summed E-state index contributed by atoms with van der Waals surface area (Å²) in [5.74, 6) is 0.862. The van der Waals surface area contributed by atoms with E-state index >= 15 is 0 Å². The first-order chi connectivity index (χ1) is 4.70. The van der Waals surface area contributed by atoms with Crippen molar-refractivity contribution in [3.63, 3.8) is 0 Å². The molecule has 1 rings (SSSR count). The normalized spacial score (nSPS) is 10.8. The maximum atomic E-state index is 8.84. The van der Waals surface area contributed by atoms with E-state index in [0.29, 0.717) is 6.54 Å². The predicted octanol–water partition coefficient (Wildman–Crippen LogP) is 1.41. The van der Waals surface area contributed by atoms with Crippen molar-refractivity contribution in [2.75, 3.05) is 7.05 Å². The summed E-state index contributed by atoms with van der Waals surface area (Å²) < 4.78 is 5.03. The minimum atomic E-state index is 0.516. The van der Waals surface area contributed by atoms with E-state index in [1.165, 1.54) is 0 Å². The van der Waals surface area contributed by atoms with Gasteiger partial charge in [0.25, 0.3) is 0 Å². The zero-order valence-electron chi connectivity index (χ0n) is 6.16. The molecule has 0 aliphatic heterocycles. The van der Waals surface area contributed by atoms with Gasteiger partial charge in [0.15, 0.2) is 0 Å². The highest BCUT2D eigenvalue weighted by atomic mass is 16.5. The Morgan fingerprint density at radius 1 is 1.70 bits per heavy atom. The van der Waals surface area contributed by atoms with Crippen LogP contribution in [0.25, 0.3) is 0 Å². The van der Waals surface area contributed by atoms with Crippen molar-refractivity contribution >= 4 is 0 Å². The van der Waals surface area contributed by atoms with Gasteiger partial charge in [-0.2, -0.15) is 5.06 Å². The molecule has 0 aliphatic carbocycles. The van der Waals surface area contributed by atoms with Crippen molar-refractivity contribution in [1.82, 2.24) is 5.06 Å². The molecule has 0 amide bonds. The summed E-state index contributed by atoms with van der Waals surface area (Å²) in [5, 5.41) is 9.96. The van der Waals surface area contributed by atoms with Crippen LogP contribution in [0.2, 0.25) is 0 Å². The highest BCUT2D eigenvalue weighted by Crippen LogP contribution is 2.09. The van der Waals surface area contributed by atoms with E-state index < -0.39 is 0 Å². The first-order valence-corrected chi connectivity index (χ1v) is 3.13. The smallest absolute Gasteiger partial charge is 0.105 e. The van der Waals surface area contributed by atoms with Crippen LogP contribution in [0.4, 0.5) is 0 Å². The molecule has 3 nitrogen and oxygen atoms in total. The number of nitrogens with zero attached hydrogens (tertiary/aromatic N) is 1. The van der Waals surface area contributed by atoms with Crippen molar-refractivity contribution in [1.29, 1.82) is 0 Å². The van der Waals surface area contributed by atoms with Crippen LogP contribution in [0.1, 0.15) is 11.3 Å². The molecule has 0 aliphatic rings. The van der Waals surface area contributed by atoms with Gasteiger partial charge in [0.05, 0.1) is 12.8 Å². The molecule has 1 aromatic rings. The molecule has 0 saturated carbocycles. The van der Waals surface area contributed by atoms with Gasteiger partial charge in [-0.05, 0) is 13.0 Å². The molecule has 0 fully saturated rings. The lowest BCUT2D eigenvalue weighted by molar-refractivity contribution is -0.0734. The third kappa shape index (κ3) is 1.59. The zero-order valence-corrected chi connectivity index (χ0v) is 6.16. The fourth-order valence-electron chi connectivity index (χ4n) is 0.822. The van der Waals surface area contributed by atoms with Gasteiger partial charge < -0.3 is 9.62 Å². The van der Waals surface area contributed by atoms with Crippen molar-refractivity contribution in [3.05, 3.63) is 23.7 Å². The molecule has 56 valence electrons. The van der Waals surface area contributed by atoms with Crippen LogP contribution >= 0.6 is 0 Å². The lowest BCUT2D eigenvalue weighted by Gasteiger charge is -2.05. The molecule has 10 heavy (non-hydrogen) atoms. The zero-order chi connectivity index (χ0) is 7.56. The van der Waals surface area contributed by atoms with Gasteiger partial charge in [-0.1, -0.05) is 0 Å². The second-order valence-electron chi connectivity index (χ2n) is 2.32. The monoisotopic (exact) mass is 141 g/mol. The first-order valence-electron chi connectivity index (χ1n) is 3.13. The van der Waals surface area contributed by atoms with Crippen LogP contribution in [0.3, 0.4) is 0 Å². The number of furan rings is 1. The Labute approximate surface area is 59.8 Å². The van der Waals surface area contributed by atoms with Crippen LogP contribution in [-0.4, -0.2) is 17.3 Å². The second kappa shape index (κ2) is 2.86. The number of rotatable bonds is 2. The molecular weight excluding hydrogens is 130 g/mol. The Hall–Kier alpha value is -0.800. The Kier molecular flexibility index (Phi) is 2.09. The quantitative estimate of drug-likeness (QED) is 0.632. The summed E-state index contributed by atoms with van der Waals surface area (Å²) in [5.41, 5.74) is 1.02. The molecule has 0 saturated heterocycles.